The number of rotatable bonds is 5. The number of aliphatic hydroxyl groups excluding tert-OH is 1. The molecule has 0 saturated heterocycles. The van der Waals surface area contributed by atoms with E-state index in [1.54, 1.807) is 0 Å². The van der Waals surface area contributed by atoms with Crippen LogP contribution in [0.2, 0.25) is 0 Å². The van der Waals surface area contributed by atoms with Crippen molar-refractivity contribution >= 4 is 5.91 Å². The van der Waals surface area contributed by atoms with Crippen molar-refractivity contribution in [2.75, 3.05) is 13.2 Å². The highest BCUT2D eigenvalue weighted by Gasteiger charge is 2.36. The van der Waals surface area contributed by atoms with E-state index >= 15 is 0 Å². The first-order chi connectivity index (χ1) is 7.97. The highest BCUT2D eigenvalue weighted by atomic mass is 16.3. The lowest BCUT2D eigenvalue weighted by atomic mass is 9.68. The van der Waals surface area contributed by atoms with Crippen molar-refractivity contribution in [1.29, 1.82) is 0 Å². The van der Waals surface area contributed by atoms with Gasteiger partial charge in [0.1, 0.15) is 0 Å². The lowest BCUT2D eigenvalue weighted by Gasteiger charge is -2.37. The van der Waals surface area contributed by atoms with Crippen LogP contribution in [0.25, 0.3) is 0 Å². The summed E-state index contributed by atoms with van der Waals surface area (Å²) in [7, 11) is 0. The lowest BCUT2D eigenvalue weighted by Crippen LogP contribution is -2.42. The van der Waals surface area contributed by atoms with Gasteiger partial charge in [-0.3, -0.25) is 4.79 Å². The fourth-order valence-corrected chi connectivity index (χ4v) is 2.70. The molecule has 3 heteroatoms. The molecule has 1 amide bonds. The number of hydrogen-bond acceptors (Lipinski definition) is 2. The second-order valence-corrected chi connectivity index (χ2v) is 6.15. The summed E-state index contributed by atoms with van der Waals surface area (Å²) >= 11 is 0. The number of aliphatic hydroxyl groups is 1. The van der Waals surface area contributed by atoms with Gasteiger partial charge < -0.3 is 10.4 Å². The number of carbonyl (C=O) groups excluding carboxylic acids is 1. The molecular formula is C14H27NO2. The Hall–Kier alpha value is -0.570. The first-order valence-corrected chi connectivity index (χ1v) is 6.86. The minimum atomic E-state index is 0.141. The summed E-state index contributed by atoms with van der Waals surface area (Å²) in [4.78, 5) is 12.1. The minimum Gasteiger partial charge on any atom is -0.396 e. The molecule has 1 aliphatic rings. The standard InChI is InChI=1S/C14H27NO2/c1-11(7-9-16)10-15-13(17)12-6-4-5-8-14(12,2)3/h11-12,16H,4-10H2,1-3H3,(H,15,17). The van der Waals surface area contributed by atoms with E-state index in [0.29, 0.717) is 12.5 Å². The van der Waals surface area contributed by atoms with Gasteiger partial charge in [0.15, 0.2) is 0 Å². The molecule has 3 nitrogen and oxygen atoms in total. The highest BCUT2D eigenvalue weighted by molar-refractivity contribution is 5.79. The molecule has 0 aromatic heterocycles. The molecule has 0 aliphatic heterocycles. The van der Waals surface area contributed by atoms with E-state index in [9.17, 15) is 4.79 Å². The van der Waals surface area contributed by atoms with Crippen LogP contribution >= 0.6 is 0 Å². The molecule has 100 valence electrons. The molecule has 17 heavy (non-hydrogen) atoms. The van der Waals surface area contributed by atoms with Crippen LogP contribution in [0.1, 0.15) is 52.9 Å². The normalized spacial score (nSPS) is 25.3. The van der Waals surface area contributed by atoms with Gasteiger partial charge in [0.05, 0.1) is 0 Å². The minimum absolute atomic E-state index is 0.141. The molecule has 1 rings (SSSR count). The summed E-state index contributed by atoms with van der Waals surface area (Å²) in [6.07, 6.45) is 5.35. The Kier molecular flexibility index (Phi) is 5.44. The lowest BCUT2D eigenvalue weighted by molar-refractivity contribution is -0.130. The maximum atomic E-state index is 12.1. The van der Waals surface area contributed by atoms with Crippen LogP contribution in [0.3, 0.4) is 0 Å². The van der Waals surface area contributed by atoms with Crippen LogP contribution in [0, 0.1) is 17.3 Å². The van der Waals surface area contributed by atoms with E-state index in [-0.39, 0.29) is 23.8 Å². The van der Waals surface area contributed by atoms with Gasteiger partial charge in [0.2, 0.25) is 5.91 Å². The van der Waals surface area contributed by atoms with Crippen LogP contribution < -0.4 is 5.32 Å². The van der Waals surface area contributed by atoms with E-state index < -0.39 is 0 Å². The first-order valence-electron chi connectivity index (χ1n) is 6.86. The molecule has 0 spiro atoms. The summed E-state index contributed by atoms with van der Waals surface area (Å²) in [6, 6.07) is 0. The van der Waals surface area contributed by atoms with E-state index in [1.165, 1.54) is 12.8 Å². The van der Waals surface area contributed by atoms with Crippen LogP contribution in [0.15, 0.2) is 0 Å². The van der Waals surface area contributed by atoms with E-state index in [2.05, 4.69) is 26.1 Å². The van der Waals surface area contributed by atoms with Crippen molar-refractivity contribution in [3.05, 3.63) is 0 Å². The summed E-state index contributed by atoms with van der Waals surface area (Å²) in [6.45, 7) is 7.35. The molecule has 0 heterocycles. The van der Waals surface area contributed by atoms with Gasteiger partial charge in [-0.05, 0) is 30.6 Å². The topological polar surface area (TPSA) is 49.3 Å². The molecule has 0 radical (unpaired) electrons. The molecule has 1 saturated carbocycles. The highest BCUT2D eigenvalue weighted by Crippen LogP contribution is 2.40. The molecule has 0 bridgehead atoms. The fraction of sp³-hybridized carbons (Fsp3) is 0.929. The smallest absolute Gasteiger partial charge is 0.223 e. The molecule has 0 aromatic carbocycles. The summed E-state index contributed by atoms with van der Waals surface area (Å²) in [5, 5.41) is 11.9. The molecule has 0 aromatic rings. The predicted molar refractivity (Wildman–Crippen MR) is 69.6 cm³/mol. The van der Waals surface area contributed by atoms with Gasteiger partial charge in [-0.2, -0.15) is 0 Å². The van der Waals surface area contributed by atoms with Crippen LogP contribution in [-0.4, -0.2) is 24.2 Å². The third kappa shape index (κ3) is 4.30. The third-order valence-electron chi connectivity index (χ3n) is 4.07. The maximum Gasteiger partial charge on any atom is 0.223 e. The number of nitrogens with one attached hydrogen (secondary N) is 1. The Bertz CT molecular complexity index is 251. The number of hydrogen-bond donors (Lipinski definition) is 2. The van der Waals surface area contributed by atoms with Crippen molar-refractivity contribution in [2.24, 2.45) is 17.3 Å². The SMILES string of the molecule is CC(CCO)CNC(=O)C1CCCCC1(C)C. The molecule has 2 unspecified atom stereocenters. The van der Waals surface area contributed by atoms with Crippen molar-refractivity contribution in [2.45, 2.75) is 52.9 Å². The Morgan fingerprint density at radius 3 is 2.76 bits per heavy atom. The van der Waals surface area contributed by atoms with Gasteiger partial charge in [-0.15, -0.1) is 0 Å². The zero-order chi connectivity index (χ0) is 12.9. The van der Waals surface area contributed by atoms with Gasteiger partial charge in [0.25, 0.3) is 0 Å². The van der Waals surface area contributed by atoms with Crippen molar-refractivity contribution in [3.8, 4) is 0 Å². The van der Waals surface area contributed by atoms with E-state index in [1.807, 2.05) is 0 Å². The van der Waals surface area contributed by atoms with E-state index in [4.69, 9.17) is 5.11 Å². The van der Waals surface area contributed by atoms with Crippen molar-refractivity contribution in [3.63, 3.8) is 0 Å². The number of amides is 1. The fourth-order valence-electron chi connectivity index (χ4n) is 2.70. The van der Waals surface area contributed by atoms with Crippen molar-refractivity contribution in [1.82, 2.24) is 5.32 Å². The van der Waals surface area contributed by atoms with Gasteiger partial charge in [-0.1, -0.05) is 33.6 Å². The summed E-state index contributed by atoms with van der Waals surface area (Å²) in [5.74, 6) is 0.729. The van der Waals surface area contributed by atoms with Gasteiger partial charge in [-0.25, -0.2) is 0 Å². The van der Waals surface area contributed by atoms with Crippen LogP contribution in [0.5, 0.6) is 0 Å². The zero-order valence-corrected chi connectivity index (χ0v) is 11.5. The molecule has 2 atom stereocenters. The van der Waals surface area contributed by atoms with E-state index in [0.717, 1.165) is 19.3 Å². The Balaban J connectivity index is 2.41. The second-order valence-electron chi connectivity index (χ2n) is 6.15. The third-order valence-corrected chi connectivity index (χ3v) is 4.07. The average molecular weight is 241 g/mol. The monoisotopic (exact) mass is 241 g/mol. The Labute approximate surface area is 105 Å². The quantitative estimate of drug-likeness (QED) is 0.776. The maximum absolute atomic E-state index is 12.1. The van der Waals surface area contributed by atoms with Gasteiger partial charge in [0, 0.05) is 19.1 Å². The first kappa shape index (κ1) is 14.5. The predicted octanol–water partition coefficient (Wildman–Crippen LogP) is 2.34. The molecular weight excluding hydrogens is 214 g/mol. The van der Waals surface area contributed by atoms with Crippen molar-refractivity contribution < 1.29 is 9.90 Å². The Morgan fingerprint density at radius 1 is 1.47 bits per heavy atom. The second kappa shape index (κ2) is 6.39. The summed E-state index contributed by atoms with van der Waals surface area (Å²) < 4.78 is 0. The molecule has 1 fully saturated rings. The average Bonchev–Trinajstić information content (AvgIpc) is 2.26. The summed E-state index contributed by atoms with van der Waals surface area (Å²) in [5.41, 5.74) is 0.141. The Morgan fingerprint density at radius 2 is 2.18 bits per heavy atom. The molecule has 1 aliphatic carbocycles. The molecule has 2 N–H and O–H groups in total. The van der Waals surface area contributed by atoms with Crippen LogP contribution in [0.4, 0.5) is 0 Å². The largest absolute Gasteiger partial charge is 0.396 e. The number of carbonyl (C=O) groups is 1. The van der Waals surface area contributed by atoms with Crippen LogP contribution in [-0.2, 0) is 4.79 Å². The zero-order valence-electron chi connectivity index (χ0n) is 11.5. The van der Waals surface area contributed by atoms with Gasteiger partial charge >= 0.3 is 0 Å².